The minimum Gasteiger partial charge on any atom is -0.493 e. The second kappa shape index (κ2) is 8.23. The van der Waals surface area contributed by atoms with Crippen molar-refractivity contribution in [3.63, 3.8) is 0 Å². The highest BCUT2D eigenvalue weighted by molar-refractivity contribution is 7.17. The second-order valence-electron chi connectivity index (χ2n) is 7.00. The fraction of sp³-hybridized carbons (Fsp3) is 0.174. The fourth-order valence-electron chi connectivity index (χ4n) is 3.65. The van der Waals surface area contributed by atoms with Crippen LogP contribution >= 0.6 is 11.3 Å². The molecule has 0 unspecified atom stereocenters. The Morgan fingerprint density at radius 1 is 1.03 bits per heavy atom. The van der Waals surface area contributed by atoms with Crippen LogP contribution < -0.4 is 14.8 Å². The number of hydrogen-bond donors (Lipinski definition) is 2. The molecule has 0 aliphatic carbocycles. The van der Waals surface area contributed by atoms with Crippen LogP contribution in [-0.4, -0.2) is 40.7 Å². The highest BCUT2D eigenvalue weighted by Gasteiger charge is 2.15. The van der Waals surface area contributed by atoms with Gasteiger partial charge in [0.2, 0.25) is 0 Å². The largest absolute Gasteiger partial charge is 0.493 e. The van der Waals surface area contributed by atoms with Gasteiger partial charge in [-0.2, -0.15) is 0 Å². The number of benzene rings is 2. The van der Waals surface area contributed by atoms with Crippen LogP contribution in [0.5, 0.6) is 11.5 Å². The molecule has 2 N–H and O–H groups in total. The first-order valence-corrected chi connectivity index (χ1v) is 10.8. The van der Waals surface area contributed by atoms with Gasteiger partial charge in [0.25, 0.3) is 0 Å². The summed E-state index contributed by atoms with van der Waals surface area (Å²) < 4.78 is 10.8. The monoisotopic (exact) mass is 431 g/mol. The van der Waals surface area contributed by atoms with Crippen LogP contribution in [0, 0.1) is 0 Å². The van der Waals surface area contributed by atoms with Gasteiger partial charge >= 0.3 is 0 Å². The molecule has 0 bridgehead atoms. The molecule has 8 heteroatoms. The summed E-state index contributed by atoms with van der Waals surface area (Å²) >= 11 is 1.60. The van der Waals surface area contributed by atoms with Gasteiger partial charge in [0.1, 0.15) is 22.8 Å². The van der Waals surface area contributed by atoms with E-state index in [2.05, 4.69) is 30.6 Å². The summed E-state index contributed by atoms with van der Waals surface area (Å²) in [5, 5.41) is 6.57. The smallest absolute Gasteiger partial charge is 0.161 e. The summed E-state index contributed by atoms with van der Waals surface area (Å²) in [6.07, 6.45) is 2.36. The molecule has 0 saturated carbocycles. The Morgan fingerprint density at radius 3 is 2.74 bits per heavy atom. The molecule has 0 radical (unpaired) electrons. The van der Waals surface area contributed by atoms with Gasteiger partial charge in [-0.1, -0.05) is 18.2 Å². The average Bonchev–Trinajstić information content (AvgIpc) is 3.43. The highest BCUT2D eigenvalue weighted by atomic mass is 32.1. The molecule has 0 atom stereocenters. The van der Waals surface area contributed by atoms with E-state index in [1.54, 1.807) is 31.9 Å². The lowest BCUT2D eigenvalue weighted by atomic mass is 10.1. The van der Waals surface area contributed by atoms with E-state index in [0.717, 1.165) is 50.4 Å². The molecule has 0 fully saturated rings. The molecule has 0 spiro atoms. The van der Waals surface area contributed by atoms with Crippen LogP contribution in [0.15, 0.2) is 54.2 Å². The predicted molar refractivity (Wildman–Crippen MR) is 124 cm³/mol. The van der Waals surface area contributed by atoms with Crippen molar-refractivity contribution in [1.82, 2.24) is 19.9 Å². The number of ether oxygens (including phenoxy) is 2. The molecule has 31 heavy (non-hydrogen) atoms. The number of nitrogens with zero attached hydrogens (tertiary/aromatic N) is 3. The van der Waals surface area contributed by atoms with Gasteiger partial charge in [-0.25, -0.2) is 15.0 Å². The lowest BCUT2D eigenvalue weighted by Crippen LogP contribution is -2.07. The maximum Gasteiger partial charge on any atom is 0.161 e. The van der Waals surface area contributed by atoms with Gasteiger partial charge < -0.3 is 19.8 Å². The van der Waals surface area contributed by atoms with Gasteiger partial charge in [-0.15, -0.1) is 11.3 Å². The third-order valence-corrected chi connectivity index (χ3v) is 6.04. The zero-order chi connectivity index (χ0) is 21.2. The predicted octanol–water partition coefficient (Wildman–Crippen LogP) is 4.91. The van der Waals surface area contributed by atoms with Crippen molar-refractivity contribution >= 4 is 38.4 Å². The van der Waals surface area contributed by atoms with Gasteiger partial charge in [0.05, 0.1) is 30.6 Å². The SMILES string of the molecule is COc1ccc(-c2csc3ncnc(NCCc4nc5ccccc5[nH]4)c23)cc1OC. The van der Waals surface area contributed by atoms with E-state index in [-0.39, 0.29) is 0 Å². The van der Waals surface area contributed by atoms with Gasteiger partial charge in [0, 0.05) is 23.9 Å². The Labute approximate surface area is 183 Å². The van der Waals surface area contributed by atoms with Gasteiger partial charge in [-0.05, 0) is 29.8 Å². The molecular formula is C23H21N5O2S. The Hall–Kier alpha value is -3.65. The molecule has 0 amide bonds. The first-order valence-electron chi connectivity index (χ1n) is 9.89. The highest BCUT2D eigenvalue weighted by Crippen LogP contribution is 2.39. The van der Waals surface area contributed by atoms with Gasteiger partial charge in [0.15, 0.2) is 11.5 Å². The Bertz CT molecular complexity index is 1330. The lowest BCUT2D eigenvalue weighted by Gasteiger charge is -2.11. The summed E-state index contributed by atoms with van der Waals surface area (Å²) in [6.45, 7) is 0.702. The first kappa shape index (κ1) is 19.3. The Balaban J connectivity index is 1.42. The van der Waals surface area contributed by atoms with Crippen LogP contribution in [0.1, 0.15) is 5.82 Å². The van der Waals surface area contributed by atoms with Crippen LogP contribution in [0.3, 0.4) is 0 Å². The quantitative estimate of drug-likeness (QED) is 0.381. The van der Waals surface area contributed by atoms with E-state index in [1.165, 1.54) is 0 Å². The van der Waals surface area contributed by atoms with Crippen LogP contribution in [0.25, 0.3) is 32.4 Å². The van der Waals surface area contributed by atoms with E-state index in [0.29, 0.717) is 18.0 Å². The number of nitrogens with one attached hydrogen (secondary N) is 2. The van der Waals surface area contributed by atoms with Crippen molar-refractivity contribution < 1.29 is 9.47 Å². The third-order valence-electron chi connectivity index (χ3n) is 5.16. The fourth-order valence-corrected chi connectivity index (χ4v) is 4.56. The minimum atomic E-state index is 0.690. The number of rotatable bonds is 7. The molecule has 2 aromatic carbocycles. The number of fused-ring (bicyclic) bond motifs is 2. The second-order valence-corrected chi connectivity index (χ2v) is 7.86. The number of thiophene rings is 1. The van der Waals surface area contributed by atoms with Crippen LogP contribution in [0.4, 0.5) is 5.82 Å². The number of H-pyrrole nitrogens is 1. The van der Waals surface area contributed by atoms with Crippen molar-refractivity contribution in [3.8, 4) is 22.6 Å². The summed E-state index contributed by atoms with van der Waals surface area (Å²) in [4.78, 5) is 17.9. The molecular weight excluding hydrogens is 410 g/mol. The number of methoxy groups -OCH3 is 2. The molecule has 7 nitrogen and oxygen atoms in total. The van der Waals surface area contributed by atoms with Crippen LogP contribution in [-0.2, 0) is 6.42 Å². The normalized spacial score (nSPS) is 11.2. The zero-order valence-corrected chi connectivity index (χ0v) is 18.0. The van der Waals surface area contributed by atoms with Crippen molar-refractivity contribution in [1.29, 1.82) is 0 Å². The Kier molecular flexibility index (Phi) is 5.13. The number of para-hydroxylation sites is 2. The molecule has 156 valence electrons. The van der Waals surface area contributed by atoms with E-state index in [1.807, 2.05) is 42.5 Å². The third kappa shape index (κ3) is 3.66. The summed E-state index contributed by atoms with van der Waals surface area (Å²) in [6, 6.07) is 14.0. The van der Waals surface area contributed by atoms with E-state index >= 15 is 0 Å². The van der Waals surface area contributed by atoms with E-state index in [9.17, 15) is 0 Å². The maximum atomic E-state index is 5.48. The topological polar surface area (TPSA) is 85.0 Å². The first-order chi connectivity index (χ1) is 15.3. The van der Waals surface area contributed by atoms with Crippen molar-refractivity contribution in [2.24, 2.45) is 0 Å². The number of hydrogen-bond acceptors (Lipinski definition) is 7. The standard InChI is InChI=1S/C23H21N5O2S/c1-29-18-8-7-14(11-19(18)30-2)15-12-31-23-21(15)22(25-13-26-23)24-10-9-20-27-16-5-3-4-6-17(16)28-20/h3-8,11-13H,9-10H2,1-2H3,(H,27,28)(H,24,25,26). The molecule has 3 aromatic heterocycles. The van der Waals surface area contributed by atoms with E-state index < -0.39 is 0 Å². The van der Waals surface area contributed by atoms with Crippen molar-refractivity contribution in [2.75, 3.05) is 26.1 Å². The lowest BCUT2D eigenvalue weighted by molar-refractivity contribution is 0.355. The zero-order valence-electron chi connectivity index (χ0n) is 17.2. The molecule has 5 aromatic rings. The molecule has 0 aliphatic rings. The van der Waals surface area contributed by atoms with Crippen molar-refractivity contribution in [3.05, 3.63) is 60.0 Å². The molecule has 0 aliphatic heterocycles. The molecule has 5 rings (SSSR count). The van der Waals surface area contributed by atoms with E-state index in [4.69, 9.17) is 9.47 Å². The summed E-state index contributed by atoms with van der Waals surface area (Å²) in [7, 11) is 3.27. The summed E-state index contributed by atoms with van der Waals surface area (Å²) in [5.74, 6) is 3.15. The van der Waals surface area contributed by atoms with Crippen molar-refractivity contribution in [2.45, 2.75) is 6.42 Å². The number of anilines is 1. The van der Waals surface area contributed by atoms with Gasteiger partial charge in [-0.3, -0.25) is 0 Å². The number of imidazole rings is 1. The Morgan fingerprint density at radius 2 is 1.90 bits per heavy atom. The molecule has 0 saturated heterocycles. The number of aromatic nitrogens is 4. The minimum absolute atomic E-state index is 0.690. The average molecular weight is 432 g/mol. The number of aromatic amines is 1. The maximum absolute atomic E-state index is 5.48. The molecule has 3 heterocycles. The summed E-state index contributed by atoms with van der Waals surface area (Å²) in [5.41, 5.74) is 4.12. The van der Waals surface area contributed by atoms with Crippen LogP contribution in [0.2, 0.25) is 0 Å².